The summed E-state index contributed by atoms with van der Waals surface area (Å²) in [5.74, 6) is -1.16. The molecule has 0 aliphatic carbocycles. The average molecular weight is 176 g/mol. The molecule has 0 amide bonds. The third-order valence-electron chi connectivity index (χ3n) is 2.15. The zero-order chi connectivity index (χ0) is 8.97. The molecule has 3 nitrogen and oxygen atoms in total. The summed E-state index contributed by atoms with van der Waals surface area (Å²) >= 11 is 0. The number of hydrogen-bond acceptors (Lipinski definition) is 2. The highest BCUT2D eigenvalue weighted by molar-refractivity contribution is 5.71. The second kappa shape index (κ2) is 4.40. The van der Waals surface area contributed by atoms with Gasteiger partial charge >= 0.3 is 5.97 Å². The monoisotopic (exact) mass is 176 g/mol. The maximum absolute atomic E-state index is 12.7. The average Bonchev–Trinajstić information content (AvgIpc) is 2.06. The third kappa shape index (κ3) is 2.77. The van der Waals surface area contributed by atoms with E-state index in [0.29, 0.717) is 13.2 Å². The largest absolute Gasteiger partial charge is 0.479 e. The van der Waals surface area contributed by atoms with Crippen LogP contribution in [0.1, 0.15) is 19.3 Å². The lowest BCUT2D eigenvalue weighted by Crippen LogP contribution is -2.23. The van der Waals surface area contributed by atoms with Crippen LogP contribution in [0.3, 0.4) is 0 Å². The molecule has 0 saturated carbocycles. The van der Waals surface area contributed by atoms with Crippen LogP contribution in [-0.4, -0.2) is 30.5 Å². The fourth-order valence-corrected chi connectivity index (χ4v) is 1.38. The molecule has 12 heavy (non-hydrogen) atoms. The van der Waals surface area contributed by atoms with Crippen LogP contribution in [0.4, 0.5) is 4.39 Å². The molecular weight excluding hydrogens is 163 g/mol. The Kier molecular flexibility index (Phi) is 3.47. The Balaban J connectivity index is 2.24. The Morgan fingerprint density at radius 2 is 2.17 bits per heavy atom. The van der Waals surface area contributed by atoms with Crippen molar-refractivity contribution in [1.82, 2.24) is 0 Å². The quantitative estimate of drug-likeness (QED) is 0.703. The molecule has 0 spiro atoms. The highest BCUT2D eigenvalue weighted by atomic mass is 19.1. The van der Waals surface area contributed by atoms with Crippen LogP contribution in [0.25, 0.3) is 0 Å². The number of carbonyl (C=O) groups is 1. The van der Waals surface area contributed by atoms with Crippen LogP contribution in [0.15, 0.2) is 0 Å². The van der Waals surface area contributed by atoms with E-state index in [-0.39, 0.29) is 12.3 Å². The standard InChI is InChI=1S/C8H13FO3/c9-7(8(10)11)5-6-1-3-12-4-2-6/h6-7H,1-5H2,(H,10,11)/t7-/m0/s1. The molecule has 1 fully saturated rings. The first kappa shape index (κ1) is 9.45. The first-order valence-corrected chi connectivity index (χ1v) is 4.14. The summed E-state index contributed by atoms with van der Waals surface area (Å²) in [6.45, 7) is 1.27. The predicted octanol–water partition coefficient (Wildman–Crippen LogP) is 1.23. The summed E-state index contributed by atoms with van der Waals surface area (Å²) in [5.41, 5.74) is 0. The summed E-state index contributed by atoms with van der Waals surface area (Å²) < 4.78 is 17.7. The van der Waals surface area contributed by atoms with E-state index in [2.05, 4.69) is 0 Å². The Bertz CT molecular complexity index is 154. The van der Waals surface area contributed by atoms with E-state index in [0.717, 1.165) is 12.8 Å². The highest BCUT2D eigenvalue weighted by Gasteiger charge is 2.23. The zero-order valence-corrected chi connectivity index (χ0v) is 6.83. The molecule has 1 rings (SSSR count). The molecule has 0 bridgehead atoms. The number of carboxylic acids is 1. The number of ether oxygens (including phenoxy) is 1. The van der Waals surface area contributed by atoms with Crippen LogP contribution in [0.2, 0.25) is 0 Å². The Morgan fingerprint density at radius 3 is 2.67 bits per heavy atom. The van der Waals surface area contributed by atoms with Crippen molar-refractivity contribution in [1.29, 1.82) is 0 Å². The van der Waals surface area contributed by atoms with Gasteiger partial charge in [0.25, 0.3) is 0 Å². The Hall–Kier alpha value is -0.640. The lowest BCUT2D eigenvalue weighted by atomic mass is 9.94. The molecule has 1 atom stereocenters. The van der Waals surface area contributed by atoms with E-state index in [1.54, 1.807) is 0 Å². The van der Waals surface area contributed by atoms with Crippen molar-refractivity contribution in [3.8, 4) is 0 Å². The fourth-order valence-electron chi connectivity index (χ4n) is 1.38. The van der Waals surface area contributed by atoms with Gasteiger partial charge in [-0.2, -0.15) is 0 Å². The predicted molar refractivity (Wildman–Crippen MR) is 40.7 cm³/mol. The molecule has 0 aromatic carbocycles. The van der Waals surface area contributed by atoms with Gasteiger partial charge in [0.15, 0.2) is 6.17 Å². The van der Waals surface area contributed by atoms with Crippen LogP contribution >= 0.6 is 0 Å². The van der Waals surface area contributed by atoms with E-state index in [9.17, 15) is 9.18 Å². The molecule has 1 saturated heterocycles. The van der Waals surface area contributed by atoms with Crippen molar-refractivity contribution >= 4 is 5.97 Å². The number of aliphatic carboxylic acids is 1. The van der Waals surface area contributed by atoms with Crippen molar-refractivity contribution < 1.29 is 19.0 Å². The van der Waals surface area contributed by atoms with Gasteiger partial charge in [0.2, 0.25) is 0 Å². The van der Waals surface area contributed by atoms with Crippen molar-refractivity contribution in [2.24, 2.45) is 5.92 Å². The van der Waals surface area contributed by atoms with Gasteiger partial charge in [-0.1, -0.05) is 0 Å². The van der Waals surface area contributed by atoms with Crippen LogP contribution in [-0.2, 0) is 9.53 Å². The van der Waals surface area contributed by atoms with Gasteiger partial charge in [0, 0.05) is 13.2 Å². The molecule has 1 aliphatic heterocycles. The first-order valence-electron chi connectivity index (χ1n) is 4.14. The highest BCUT2D eigenvalue weighted by Crippen LogP contribution is 2.21. The third-order valence-corrected chi connectivity index (χ3v) is 2.15. The Morgan fingerprint density at radius 1 is 1.58 bits per heavy atom. The number of halogens is 1. The molecule has 1 N–H and O–H groups in total. The number of carboxylic acid groups (broad SMARTS) is 1. The molecule has 0 radical (unpaired) electrons. The minimum absolute atomic E-state index is 0.138. The lowest BCUT2D eigenvalue weighted by molar-refractivity contribution is -0.143. The van der Waals surface area contributed by atoms with Gasteiger partial charge in [0.1, 0.15) is 0 Å². The lowest BCUT2D eigenvalue weighted by Gasteiger charge is -2.22. The van der Waals surface area contributed by atoms with Crippen LogP contribution < -0.4 is 0 Å². The minimum atomic E-state index is -1.70. The summed E-state index contributed by atoms with van der Waals surface area (Å²) in [5, 5.41) is 8.31. The molecule has 0 aromatic heterocycles. The first-order chi connectivity index (χ1) is 5.70. The van der Waals surface area contributed by atoms with Gasteiger partial charge < -0.3 is 9.84 Å². The molecule has 1 heterocycles. The van der Waals surface area contributed by atoms with E-state index >= 15 is 0 Å². The summed E-state index contributed by atoms with van der Waals surface area (Å²) in [6, 6.07) is 0. The van der Waals surface area contributed by atoms with E-state index in [1.165, 1.54) is 0 Å². The maximum atomic E-state index is 12.7. The van der Waals surface area contributed by atoms with Crippen LogP contribution in [0, 0.1) is 5.92 Å². The van der Waals surface area contributed by atoms with Gasteiger partial charge in [-0.3, -0.25) is 0 Å². The summed E-state index contributed by atoms with van der Waals surface area (Å²) in [7, 11) is 0. The van der Waals surface area contributed by atoms with E-state index in [4.69, 9.17) is 9.84 Å². The smallest absolute Gasteiger partial charge is 0.338 e. The summed E-state index contributed by atoms with van der Waals surface area (Å²) in [6.07, 6.45) is 0.00759. The van der Waals surface area contributed by atoms with Crippen molar-refractivity contribution in [3.05, 3.63) is 0 Å². The normalized spacial score (nSPS) is 22.1. The number of alkyl halides is 1. The van der Waals surface area contributed by atoms with Gasteiger partial charge in [0.05, 0.1) is 0 Å². The van der Waals surface area contributed by atoms with Crippen molar-refractivity contribution in [3.63, 3.8) is 0 Å². The molecule has 70 valence electrons. The topological polar surface area (TPSA) is 46.5 Å². The molecule has 0 unspecified atom stereocenters. The molecular formula is C8H13FO3. The second-order valence-electron chi connectivity index (χ2n) is 3.10. The molecule has 1 aliphatic rings. The van der Waals surface area contributed by atoms with Crippen molar-refractivity contribution in [2.75, 3.05) is 13.2 Å². The Labute approximate surface area is 70.5 Å². The van der Waals surface area contributed by atoms with Gasteiger partial charge in [-0.25, -0.2) is 9.18 Å². The van der Waals surface area contributed by atoms with E-state index in [1.807, 2.05) is 0 Å². The van der Waals surface area contributed by atoms with Crippen LogP contribution in [0.5, 0.6) is 0 Å². The SMILES string of the molecule is O=C(O)[C@@H](F)CC1CCOCC1. The molecule has 4 heteroatoms. The minimum Gasteiger partial charge on any atom is -0.479 e. The maximum Gasteiger partial charge on any atom is 0.338 e. The molecule has 0 aromatic rings. The number of hydrogen-bond donors (Lipinski definition) is 1. The number of rotatable bonds is 3. The zero-order valence-electron chi connectivity index (χ0n) is 6.83. The fraction of sp³-hybridized carbons (Fsp3) is 0.875. The van der Waals surface area contributed by atoms with Gasteiger partial charge in [-0.05, 0) is 25.2 Å². The summed E-state index contributed by atoms with van der Waals surface area (Å²) in [4.78, 5) is 10.2. The van der Waals surface area contributed by atoms with E-state index < -0.39 is 12.1 Å². The van der Waals surface area contributed by atoms with Gasteiger partial charge in [-0.15, -0.1) is 0 Å². The second-order valence-corrected chi connectivity index (χ2v) is 3.10. The van der Waals surface area contributed by atoms with Crippen molar-refractivity contribution in [2.45, 2.75) is 25.4 Å².